The fraction of sp³-hybridized carbons (Fsp3) is 0.625. The molecular weight excluding hydrogens is 467 g/mol. The van der Waals surface area contributed by atoms with Crippen molar-refractivity contribution in [1.29, 1.82) is 0 Å². The van der Waals surface area contributed by atoms with Crippen LogP contribution in [-0.2, 0) is 9.59 Å². The highest BCUT2D eigenvalue weighted by Gasteiger charge is 2.51. The van der Waals surface area contributed by atoms with Crippen molar-refractivity contribution < 1.29 is 37.4 Å². The minimum absolute atomic E-state index is 0.204. The second kappa shape index (κ2) is 11.9. The molecule has 0 saturated carbocycles. The van der Waals surface area contributed by atoms with E-state index in [0.29, 0.717) is 30.0 Å². The van der Waals surface area contributed by atoms with Crippen LogP contribution >= 0.6 is 0 Å². The Bertz CT molecular complexity index is 883. The molecule has 196 valence electrons. The first-order valence-corrected chi connectivity index (χ1v) is 11.6. The van der Waals surface area contributed by atoms with E-state index in [2.05, 4.69) is 10.6 Å². The molecule has 3 N–H and O–H groups in total. The van der Waals surface area contributed by atoms with Gasteiger partial charge in [0.1, 0.15) is 11.8 Å². The molecule has 1 aromatic carbocycles. The summed E-state index contributed by atoms with van der Waals surface area (Å²) in [6, 6.07) is 2.03. The molecule has 3 amide bonds. The van der Waals surface area contributed by atoms with E-state index in [1.165, 1.54) is 33.1 Å². The molecule has 1 heterocycles. The first-order valence-electron chi connectivity index (χ1n) is 11.6. The number of carbonyl (C=O) groups excluding carboxylic acids is 3. The Labute approximate surface area is 203 Å². The van der Waals surface area contributed by atoms with Crippen LogP contribution in [0.5, 0.6) is 5.75 Å². The largest absolute Gasteiger partial charge is 0.497 e. The number of nitrogens with one attached hydrogen (secondary N) is 2. The number of amides is 3. The number of alkyl halides is 3. The standard InChI is InChI=1S/C24H34F3N3O5/c1-13(2)18(29-21(32)15-8-10-16(35-5)11-9-15)23(34)30(22(33)17-7-6-12-28-17)19(14(3)4)20(31)24(25,26)27/h8-11,13-14,17-20,28,31H,6-7,12H2,1-5H3,(H,29,32)/t17?,18-,19?,20-/m0/s1. The van der Waals surface area contributed by atoms with Crippen LogP contribution in [0.25, 0.3) is 0 Å². The van der Waals surface area contributed by atoms with Crippen molar-refractivity contribution in [2.75, 3.05) is 13.7 Å². The molecule has 1 saturated heterocycles. The molecule has 0 bridgehead atoms. The van der Waals surface area contributed by atoms with E-state index >= 15 is 0 Å². The van der Waals surface area contributed by atoms with E-state index in [1.807, 2.05) is 0 Å². The smallest absolute Gasteiger partial charge is 0.416 e. The Morgan fingerprint density at radius 1 is 1.11 bits per heavy atom. The van der Waals surface area contributed by atoms with Crippen LogP contribution in [0.15, 0.2) is 24.3 Å². The molecule has 35 heavy (non-hydrogen) atoms. The molecule has 11 heteroatoms. The van der Waals surface area contributed by atoms with Crippen LogP contribution in [0.4, 0.5) is 13.2 Å². The number of hydrogen-bond acceptors (Lipinski definition) is 6. The zero-order valence-corrected chi connectivity index (χ0v) is 20.6. The maximum Gasteiger partial charge on any atom is 0.416 e. The Balaban J connectivity index is 2.44. The van der Waals surface area contributed by atoms with Gasteiger partial charge >= 0.3 is 6.18 Å². The highest BCUT2D eigenvalue weighted by molar-refractivity contribution is 6.03. The molecule has 0 spiro atoms. The Morgan fingerprint density at radius 3 is 2.14 bits per heavy atom. The maximum atomic E-state index is 13.7. The van der Waals surface area contributed by atoms with E-state index in [-0.39, 0.29) is 5.56 Å². The van der Waals surface area contributed by atoms with Crippen LogP contribution in [0.2, 0.25) is 0 Å². The molecule has 1 fully saturated rings. The predicted octanol–water partition coefficient (Wildman–Crippen LogP) is 2.50. The van der Waals surface area contributed by atoms with Gasteiger partial charge in [-0.2, -0.15) is 13.2 Å². The lowest BCUT2D eigenvalue weighted by molar-refractivity contribution is -0.226. The van der Waals surface area contributed by atoms with Gasteiger partial charge < -0.3 is 20.5 Å². The number of carbonyl (C=O) groups is 3. The average Bonchev–Trinajstić information content (AvgIpc) is 3.33. The molecule has 0 aliphatic carbocycles. The molecule has 4 atom stereocenters. The summed E-state index contributed by atoms with van der Waals surface area (Å²) >= 11 is 0. The van der Waals surface area contributed by atoms with Crippen molar-refractivity contribution in [2.24, 2.45) is 11.8 Å². The van der Waals surface area contributed by atoms with Crippen LogP contribution in [0.3, 0.4) is 0 Å². The van der Waals surface area contributed by atoms with Crippen LogP contribution in [-0.4, -0.2) is 71.8 Å². The summed E-state index contributed by atoms with van der Waals surface area (Å²) in [5.41, 5.74) is 0.204. The summed E-state index contributed by atoms with van der Waals surface area (Å²) in [6.45, 7) is 6.50. The van der Waals surface area contributed by atoms with Gasteiger partial charge in [-0.15, -0.1) is 0 Å². The minimum atomic E-state index is -5.06. The summed E-state index contributed by atoms with van der Waals surface area (Å²) in [7, 11) is 1.47. The summed E-state index contributed by atoms with van der Waals surface area (Å²) in [6.07, 6.45) is -7.03. The Kier molecular flexibility index (Phi) is 9.68. The molecule has 2 rings (SSSR count). The molecule has 1 aliphatic heterocycles. The Hall–Kier alpha value is -2.66. The van der Waals surface area contributed by atoms with E-state index in [1.54, 1.807) is 26.0 Å². The zero-order chi connectivity index (χ0) is 26.5. The summed E-state index contributed by atoms with van der Waals surface area (Å²) in [5, 5.41) is 15.6. The second-order valence-corrected chi connectivity index (χ2v) is 9.34. The first kappa shape index (κ1) is 28.6. The molecule has 1 aliphatic rings. The third kappa shape index (κ3) is 6.94. The van der Waals surface area contributed by atoms with Gasteiger partial charge in [0.05, 0.1) is 19.2 Å². The van der Waals surface area contributed by atoms with Crippen LogP contribution < -0.4 is 15.4 Å². The van der Waals surface area contributed by atoms with Crippen LogP contribution in [0, 0.1) is 11.8 Å². The zero-order valence-electron chi connectivity index (χ0n) is 20.6. The second-order valence-electron chi connectivity index (χ2n) is 9.34. The van der Waals surface area contributed by atoms with Gasteiger partial charge in [0.2, 0.25) is 5.91 Å². The van der Waals surface area contributed by atoms with Crippen molar-refractivity contribution in [3.8, 4) is 5.75 Å². The van der Waals surface area contributed by atoms with Crippen molar-refractivity contribution in [1.82, 2.24) is 15.5 Å². The number of aliphatic hydroxyl groups excluding tert-OH is 1. The number of hydrogen-bond donors (Lipinski definition) is 3. The van der Waals surface area contributed by atoms with E-state index in [0.717, 1.165) is 0 Å². The molecule has 2 unspecified atom stereocenters. The monoisotopic (exact) mass is 501 g/mol. The van der Waals surface area contributed by atoms with E-state index in [9.17, 15) is 32.7 Å². The number of aliphatic hydroxyl groups is 1. The SMILES string of the molecule is COc1ccc(C(=O)N[C@H](C(=O)N(C(=O)C2CCCN2)C(C(C)C)[C@H](O)C(F)(F)F)C(C)C)cc1. The van der Waals surface area contributed by atoms with Gasteiger partial charge in [-0.3, -0.25) is 19.3 Å². The highest BCUT2D eigenvalue weighted by Crippen LogP contribution is 2.30. The average molecular weight is 502 g/mol. The number of imide groups is 1. The number of rotatable bonds is 9. The van der Waals surface area contributed by atoms with Crippen molar-refractivity contribution in [3.05, 3.63) is 29.8 Å². The molecule has 8 nitrogen and oxygen atoms in total. The van der Waals surface area contributed by atoms with E-state index < -0.39 is 60.0 Å². The maximum absolute atomic E-state index is 13.7. The number of nitrogens with zero attached hydrogens (tertiary/aromatic N) is 1. The molecule has 0 radical (unpaired) electrons. The topological polar surface area (TPSA) is 108 Å². The molecule has 1 aromatic rings. The number of ether oxygens (including phenoxy) is 1. The Morgan fingerprint density at radius 2 is 1.71 bits per heavy atom. The number of halogens is 3. The summed E-state index contributed by atoms with van der Waals surface area (Å²) in [4.78, 5) is 40.4. The van der Waals surface area contributed by atoms with E-state index in [4.69, 9.17) is 4.74 Å². The predicted molar refractivity (Wildman–Crippen MR) is 123 cm³/mol. The van der Waals surface area contributed by atoms with Gasteiger partial charge in [-0.25, -0.2) is 0 Å². The third-order valence-electron chi connectivity index (χ3n) is 6.04. The fourth-order valence-corrected chi connectivity index (χ4v) is 4.09. The lowest BCUT2D eigenvalue weighted by Gasteiger charge is -2.40. The van der Waals surface area contributed by atoms with Crippen LogP contribution in [0.1, 0.15) is 50.9 Å². The number of benzene rings is 1. The van der Waals surface area contributed by atoms with Gasteiger partial charge in [0, 0.05) is 5.56 Å². The van der Waals surface area contributed by atoms with Crippen molar-refractivity contribution in [2.45, 2.75) is 70.9 Å². The fourth-order valence-electron chi connectivity index (χ4n) is 4.09. The highest BCUT2D eigenvalue weighted by atomic mass is 19.4. The quantitative estimate of drug-likeness (QED) is 0.480. The lowest BCUT2D eigenvalue weighted by Crippen LogP contribution is -2.64. The summed E-state index contributed by atoms with van der Waals surface area (Å²) < 4.78 is 45.8. The van der Waals surface area contributed by atoms with Gasteiger partial charge in [0.25, 0.3) is 11.8 Å². The minimum Gasteiger partial charge on any atom is -0.497 e. The number of methoxy groups -OCH3 is 1. The van der Waals surface area contributed by atoms with Gasteiger partial charge in [-0.1, -0.05) is 27.7 Å². The first-order chi connectivity index (χ1) is 16.3. The normalized spacial score (nSPS) is 18.8. The van der Waals surface area contributed by atoms with Gasteiger partial charge in [-0.05, 0) is 55.5 Å². The lowest BCUT2D eigenvalue weighted by atomic mass is 9.92. The van der Waals surface area contributed by atoms with Crippen molar-refractivity contribution in [3.63, 3.8) is 0 Å². The van der Waals surface area contributed by atoms with Crippen molar-refractivity contribution >= 4 is 17.7 Å². The molecule has 0 aromatic heterocycles. The van der Waals surface area contributed by atoms with Gasteiger partial charge in [0.15, 0.2) is 6.10 Å². The third-order valence-corrected chi connectivity index (χ3v) is 6.04. The molecular formula is C24H34F3N3O5. The summed E-state index contributed by atoms with van der Waals surface area (Å²) in [5.74, 6) is -3.44.